The second-order valence-electron chi connectivity index (χ2n) is 5.53. The van der Waals surface area contributed by atoms with Gasteiger partial charge in [-0.2, -0.15) is 4.98 Å². The molecule has 4 nitrogen and oxygen atoms in total. The average molecular weight is 373 g/mol. The van der Waals surface area contributed by atoms with E-state index in [0.29, 0.717) is 17.6 Å². The van der Waals surface area contributed by atoms with Crippen LogP contribution in [-0.4, -0.2) is 10.1 Å². The van der Waals surface area contributed by atoms with Gasteiger partial charge in [-0.1, -0.05) is 59.2 Å². The molecule has 0 aliphatic rings. The average Bonchev–Trinajstić information content (AvgIpc) is 3.02. The molecule has 23 heavy (non-hydrogen) atoms. The van der Waals surface area contributed by atoms with Crippen molar-refractivity contribution in [3.8, 4) is 17.1 Å². The van der Waals surface area contributed by atoms with Crippen LogP contribution in [0.2, 0.25) is 0 Å². The Bertz CT molecular complexity index is 782. The van der Waals surface area contributed by atoms with Gasteiger partial charge in [-0.25, -0.2) is 0 Å². The van der Waals surface area contributed by atoms with Crippen LogP contribution in [0.3, 0.4) is 0 Å². The van der Waals surface area contributed by atoms with Gasteiger partial charge in [0, 0.05) is 10.0 Å². The van der Waals surface area contributed by atoms with Crippen molar-refractivity contribution in [2.75, 3.05) is 0 Å². The molecule has 118 valence electrons. The second-order valence-corrected chi connectivity index (χ2v) is 6.45. The van der Waals surface area contributed by atoms with Crippen LogP contribution in [0, 0.1) is 0 Å². The summed E-state index contributed by atoms with van der Waals surface area (Å²) < 4.78 is 11.9. The van der Waals surface area contributed by atoms with Crippen LogP contribution in [-0.2, 0) is 6.61 Å². The van der Waals surface area contributed by atoms with Gasteiger partial charge in [0.1, 0.15) is 5.75 Å². The van der Waals surface area contributed by atoms with E-state index in [-0.39, 0.29) is 6.61 Å². The molecular formula is C18H17BrN2O2. The number of benzene rings is 2. The Kier molecular flexibility index (Phi) is 4.76. The fourth-order valence-corrected chi connectivity index (χ4v) is 2.55. The third-order valence-corrected chi connectivity index (χ3v) is 3.95. The Morgan fingerprint density at radius 2 is 1.91 bits per heavy atom. The first kappa shape index (κ1) is 15.7. The first-order chi connectivity index (χ1) is 11.1. The molecule has 0 N–H and O–H groups in total. The summed E-state index contributed by atoms with van der Waals surface area (Å²) in [4.78, 5) is 4.36. The molecule has 0 bridgehead atoms. The SMILES string of the molecule is CC(C)c1ccc(OCc2nc(-c3cccc(Br)c3)no2)cc1. The highest BCUT2D eigenvalue weighted by molar-refractivity contribution is 9.10. The number of hydrogen-bond acceptors (Lipinski definition) is 4. The van der Waals surface area contributed by atoms with Crippen LogP contribution in [0.5, 0.6) is 5.75 Å². The first-order valence-electron chi connectivity index (χ1n) is 7.43. The second kappa shape index (κ2) is 6.96. The van der Waals surface area contributed by atoms with Crippen molar-refractivity contribution in [2.45, 2.75) is 26.4 Å². The van der Waals surface area contributed by atoms with E-state index < -0.39 is 0 Å². The third-order valence-electron chi connectivity index (χ3n) is 3.46. The summed E-state index contributed by atoms with van der Waals surface area (Å²) in [6, 6.07) is 15.8. The maximum Gasteiger partial charge on any atom is 0.264 e. The highest BCUT2D eigenvalue weighted by atomic mass is 79.9. The van der Waals surface area contributed by atoms with Gasteiger partial charge in [0.05, 0.1) is 0 Å². The molecule has 0 saturated heterocycles. The smallest absolute Gasteiger partial charge is 0.264 e. The molecule has 3 aromatic rings. The van der Waals surface area contributed by atoms with Crippen molar-refractivity contribution in [1.29, 1.82) is 0 Å². The van der Waals surface area contributed by atoms with Gasteiger partial charge in [-0.3, -0.25) is 0 Å². The summed E-state index contributed by atoms with van der Waals surface area (Å²) in [5, 5.41) is 3.99. The molecule has 5 heteroatoms. The lowest BCUT2D eigenvalue weighted by atomic mass is 10.0. The van der Waals surface area contributed by atoms with E-state index in [0.717, 1.165) is 15.8 Å². The topological polar surface area (TPSA) is 48.2 Å². The van der Waals surface area contributed by atoms with Gasteiger partial charge in [-0.15, -0.1) is 0 Å². The van der Waals surface area contributed by atoms with Gasteiger partial charge in [0.2, 0.25) is 5.82 Å². The van der Waals surface area contributed by atoms with Crippen molar-refractivity contribution in [3.63, 3.8) is 0 Å². The number of aromatic nitrogens is 2. The monoisotopic (exact) mass is 372 g/mol. The normalized spacial score (nSPS) is 11.0. The lowest BCUT2D eigenvalue weighted by Gasteiger charge is -2.07. The maximum atomic E-state index is 5.69. The zero-order chi connectivity index (χ0) is 16.2. The molecule has 0 atom stereocenters. The lowest BCUT2D eigenvalue weighted by molar-refractivity contribution is 0.243. The highest BCUT2D eigenvalue weighted by Crippen LogP contribution is 2.22. The zero-order valence-corrected chi connectivity index (χ0v) is 14.6. The molecule has 3 rings (SSSR count). The van der Waals surface area contributed by atoms with E-state index in [2.05, 4.69) is 52.1 Å². The minimum atomic E-state index is 0.252. The van der Waals surface area contributed by atoms with Crippen molar-refractivity contribution in [2.24, 2.45) is 0 Å². The van der Waals surface area contributed by atoms with Gasteiger partial charge in [0.15, 0.2) is 6.61 Å². The van der Waals surface area contributed by atoms with Gasteiger partial charge in [0.25, 0.3) is 5.89 Å². The summed E-state index contributed by atoms with van der Waals surface area (Å²) in [6.07, 6.45) is 0. The summed E-state index contributed by atoms with van der Waals surface area (Å²) in [5.41, 5.74) is 2.18. The molecular weight excluding hydrogens is 356 g/mol. The van der Waals surface area contributed by atoms with E-state index in [4.69, 9.17) is 9.26 Å². The molecule has 0 amide bonds. The predicted octanol–water partition coefficient (Wildman–Crippen LogP) is 5.20. The van der Waals surface area contributed by atoms with E-state index in [9.17, 15) is 0 Å². The first-order valence-corrected chi connectivity index (χ1v) is 8.22. The van der Waals surface area contributed by atoms with Crippen LogP contribution in [0.4, 0.5) is 0 Å². The minimum absolute atomic E-state index is 0.252. The third kappa shape index (κ3) is 3.99. The maximum absolute atomic E-state index is 5.69. The Labute approximate surface area is 143 Å². The van der Waals surface area contributed by atoms with Gasteiger partial charge in [-0.05, 0) is 35.7 Å². The van der Waals surface area contributed by atoms with Crippen LogP contribution in [0.15, 0.2) is 57.5 Å². The number of rotatable bonds is 5. The van der Waals surface area contributed by atoms with Crippen LogP contribution in [0.25, 0.3) is 11.4 Å². The van der Waals surface area contributed by atoms with Crippen molar-refractivity contribution in [1.82, 2.24) is 10.1 Å². The summed E-state index contributed by atoms with van der Waals surface area (Å²) in [5.74, 6) is 2.30. The summed E-state index contributed by atoms with van der Waals surface area (Å²) in [7, 11) is 0. The molecule has 0 radical (unpaired) electrons. The Morgan fingerprint density at radius 3 is 2.61 bits per heavy atom. The van der Waals surface area contributed by atoms with E-state index >= 15 is 0 Å². The van der Waals surface area contributed by atoms with Gasteiger partial charge < -0.3 is 9.26 Å². The molecule has 0 unspecified atom stereocenters. The predicted molar refractivity (Wildman–Crippen MR) is 92.3 cm³/mol. The lowest BCUT2D eigenvalue weighted by Crippen LogP contribution is -1.96. The molecule has 1 aromatic heterocycles. The Hall–Kier alpha value is -2.14. The Morgan fingerprint density at radius 1 is 1.13 bits per heavy atom. The fraction of sp³-hybridized carbons (Fsp3) is 0.222. The number of hydrogen-bond donors (Lipinski definition) is 0. The van der Waals surface area contributed by atoms with Gasteiger partial charge >= 0.3 is 0 Å². The molecule has 0 fully saturated rings. The number of nitrogens with zero attached hydrogens (tertiary/aromatic N) is 2. The van der Waals surface area contributed by atoms with E-state index in [1.54, 1.807) is 0 Å². The minimum Gasteiger partial charge on any atom is -0.484 e. The van der Waals surface area contributed by atoms with E-state index in [1.165, 1.54) is 5.56 Å². The molecule has 0 spiro atoms. The standard InChI is InChI=1S/C18H17BrN2O2/c1-12(2)13-6-8-16(9-7-13)22-11-17-20-18(21-23-17)14-4-3-5-15(19)10-14/h3-10,12H,11H2,1-2H3. The molecule has 2 aromatic carbocycles. The number of halogens is 1. The highest BCUT2D eigenvalue weighted by Gasteiger charge is 2.09. The zero-order valence-electron chi connectivity index (χ0n) is 13.0. The largest absolute Gasteiger partial charge is 0.484 e. The quantitative estimate of drug-likeness (QED) is 0.617. The van der Waals surface area contributed by atoms with E-state index in [1.807, 2.05) is 36.4 Å². The Balaban J connectivity index is 1.65. The van der Waals surface area contributed by atoms with Crippen LogP contribution < -0.4 is 4.74 Å². The summed E-state index contributed by atoms with van der Waals surface area (Å²) in [6.45, 7) is 4.58. The summed E-state index contributed by atoms with van der Waals surface area (Å²) >= 11 is 3.43. The molecule has 0 aliphatic carbocycles. The molecule has 1 heterocycles. The van der Waals surface area contributed by atoms with Crippen molar-refractivity contribution >= 4 is 15.9 Å². The van der Waals surface area contributed by atoms with Crippen LogP contribution >= 0.6 is 15.9 Å². The van der Waals surface area contributed by atoms with Crippen molar-refractivity contribution in [3.05, 3.63) is 64.5 Å². The number of ether oxygens (including phenoxy) is 1. The fourth-order valence-electron chi connectivity index (χ4n) is 2.15. The van der Waals surface area contributed by atoms with Crippen molar-refractivity contribution < 1.29 is 9.26 Å². The molecule has 0 saturated carbocycles. The molecule has 0 aliphatic heterocycles. The van der Waals surface area contributed by atoms with Crippen LogP contribution in [0.1, 0.15) is 31.2 Å².